The predicted octanol–water partition coefficient (Wildman–Crippen LogP) is 2.32. The van der Waals surface area contributed by atoms with E-state index in [1.165, 1.54) is 42.9 Å². The van der Waals surface area contributed by atoms with Crippen molar-refractivity contribution in [1.29, 1.82) is 0 Å². The molecular formula is C16H20N4. The summed E-state index contributed by atoms with van der Waals surface area (Å²) >= 11 is 0. The minimum absolute atomic E-state index is 0.440. The molecule has 1 aromatic heterocycles. The fourth-order valence-electron chi connectivity index (χ4n) is 3.35. The molecule has 4 rings (SSSR count). The molecule has 2 aliphatic rings. The van der Waals surface area contributed by atoms with Gasteiger partial charge in [0.25, 0.3) is 0 Å². The van der Waals surface area contributed by atoms with E-state index in [1.807, 2.05) is 6.07 Å². The van der Waals surface area contributed by atoms with Crippen molar-refractivity contribution in [3.05, 3.63) is 41.7 Å². The van der Waals surface area contributed by atoms with Crippen molar-refractivity contribution in [2.24, 2.45) is 0 Å². The average Bonchev–Trinajstić information content (AvgIpc) is 3.17. The van der Waals surface area contributed by atoms with Gasteiger partial charge in [-0.15, -0.1) is 0 Å². The number of aromatic amines is 1. The molecule has 104 valence electrons. The van der Waals surface area contributed by atoms with Crippen molar-refractivity contribution in [3.63, 3.8) is 0 Å². The molecule has 1 saturated heterocycles. The zero-order valence-electron chi connectivity index (χ0n) is 11.6. The molecule has 0 aliphatic carbocycles. The molecule has 0 radical (unpaired) electrons. The highest BCUT2D eigenvalue weighted by atomic mass is 15.2. The summed E-state index contributed by atoms with van der Waals surface area (Å²) in [6, 6.07) is 10.8. The van der Waals surface area contributed by atoms with Crippen LogP contribution in [0.15, 0.2) is 30.3 Å². The smallest absolute Gasteiger partial charge is 0.137 e. The van der Waals surface area contributed by atoms with Gasteiger partial charge in [0.1, 0.15) is 5.82 Å². The zero-order valence-corrected chi connectivity index (χ0v) is 11.6. The van der Waals surface area contributed by atoms with Crippen molar-refractivity contribution in [3.8, 4) is 11.4 Å². The van der Waals surface area contributed by atoms with Crippen LogP contribution in [0, 0.1) is 0 Å². The molecule has 1 aromatic carbocycles. The van der Waals surface area contributed by atoms with Crippen LogP contribution < -0.4 is 5.32 Å². The number of hydrogen-bond donors (Lipinski definition) is 2. The van der Waals surface area contributed by atoms with Crippen LogP contribution in [-0.2, 0) is 6.54 Å². The standard InChI is InChI=1S/C16H20N4/c1-2-6-12(7-3-1)16-18-13-10-17-11-14(15(13)19-16)20-8-4-5-9-20/h1-3,6-7,14,17H,4-5,8-11H2,(H,18,19). The number of rotatable bonds is 2. The molecule has 0 saturated carbocycles. The Kier molecular flexibility index (Phi) is 3.05. The van der Waals surface area contributed by atoms with Gasteiger partial charge < -0.3 is 10.3 Å². The first-order valence-corrected chi connectivity index (χ1v) is 7.51. The number of hydrogen-bond acceptors (Lipinski definition) is 3. The quantitative estimate of drug-likeness (QED) is 0.878. The van der Waals surface area contributed by atoms with Gasteiger partial charge in [-0.2, -0.15) is 0 Å². The van der Waals surface area contributed by atoms with Gasteiger partial charge >= 0.3 is 0 Å². The molecule has 0 amide bonds. The average molecular weight is 268 g/mol. The van der Waals surface area contributed by atoms with E-state index in [-0.39, 0.29) is 0 Å². The number of likely N-dealkylation sites (tertiary alicyclic amines) is 1. The second-order valence-corrected chi connectivity index (χ2v) is 5.71. The number of H-pyrrole nitrogens is 1. The van der Waals surface area contributed by atoms with Crippen LogP contribution in [0.25, 0.3) is 11.4 Å². The van der Waals surface area contributed by atoms with Crippen LogP contribution in [0.3, 0.4) is 0 Å². The molecule has 20 heavy (non-hydrogen) atoms. The first-order valence-electron chi connectivity index (χ1n) is 7.51. The van der Waals surface area contributed by atoms with Gasteiger partial charge in [0.05, 0.1) is 17.4 Å². The van der Waals surface area contributed by atoms with E-state index < -0.39 is 0 Å². The molecule has 1 unspecified atom stereocenters. The van der Waals surface area contributed by atoms with E-state index in [0.29, 0.717) is 6.04 Å². The Labute approximate surface area is 119 Å². The van der Waals surface area contributed by atoms with Crippen molar-refractivity contribution >= 4 is 0 Å². The first kappa shape index (κ1) is 12.1. The van der Waals surface area contributed by atoms with Crippen molar-refractivity contribution < 1.29 is 0 Å². The fraction of sp³-hybridized carbons (Fsp3) is 0.438. The molecule has 2 N–H and O–H groups in total. The van der Waals surface area contributed by atoms with Gasteiger partial charge in [0.2, 0.25) is 0 Å². The van der Waals surface area contributed by atoms with Gasteiger partial charge in [0.15, 0.2) is 0 Å². The maximum absolute atomic E-state index is 4.91. The SMILES string of the molecule is c1ccc(-c2nc3c([nH]2)CNCC3N2CCCC2)cc1. The summed E-state index contributed by atoms with van der Waals surface area (Å²) in [6.45, 7) is 4.34. The van der Waals surface area contributed by atoms with Crippen LogP contribution in [0.5, 0.6) is 0 Å². The minimum Gasteiger partial charge on any atom is -0.340 e. The summed E-state index contributed by atoms with van der Waals surface area (Å²) in [4.78, 5) is 11.0. The molecule has 1 fully saturated rings. The molecule has 1 atom stereocenters. The second kappa shape index (κ2) is 5.04. The first-order chi connectivity index (χ1) is 9.92. The number of aromatic nitrogens is 2. The Hall–Kier alpha value is -1.65. The maximum Gasteiger partial charge on any atom is 0.137 e. The second-order valence-electron chi connectivity index (χ2n) is 5.71. The molecule has 4 heteroatoms. The molecule has 2 aromatic rings. The number of imidazole rings is 1. The number of fused-ring (bicyclic) bond motifs is 1. The fourth-order valence-corrected chi connectivity index (χ4v) is 3.35. The Morgan fingerprint density at radius 3 is 2.70 bits per heavy atom. The minimum atomic E-state index is 0.440. The van der Waals surface area contributed by atoms with Crippen molar-refractivity contribution in [2.45, 2.75) is 25.4 Å². The highest BCUT2D eigenvalue weighted by molar-refractivity contribution is 5.56. The zero-order chi connectivity index (χ0) is 13.4. The lowest BCUT2D eigenvalue weighted by molar-refractivity contribution is 0.224. The predicted molar refractivity (Wildman–Crippen MR) is 79.3 cm³/mol. The van der Waals surface area contributed by atoms with Gasteiger partial charge in [0, 0.05) is 18.7 Å². The Morgan fingerprint density at radius 2 is 1.90 bits per heavy atom. The lowest BCUT2D eigenvalue weighted by atomic mass is 10.1. The maximum atomic E-state index is 4.91. The molecular weight excluding hydrogens is 248 g/mol. The topological polar surface area (TPSA) is 44.0 Å². The van der Waals surface area contributed by atoms with E-state index in [2.05, 4.69) is 39.5 Å². The molecule has 4 nitrogen and oxygen atoms in total. The van der Waals surface area contributed by atoms with E-state index >= 15 is 0 Å². The number of nitrogens with one attached hydrogen (secondary N) is 2. The summed E-state index contributed by atoms with van der Waals surface area (Å²) in [6.07, 6.45) is 2.64. The van der Waals surface area contributed by atoms with Crippen molar-refractivity contribution in [2.75, 3.05) is 19.6 Å². The monoisotopic (exact) mass is 268 g/mol. The van der Waals surface area contributed by atoms with Gasteiger partial charge in [-0.05, 0) is 25.9 Å². The van der Waals surface area contributed by atoms with Crippen LogP contribution >= 0.6 is 0 Å². The number of nitrogens with zero attached hydrogens (tertiary/aromatic N) is 2. The highest BCUT2D eigenvalue weighted by Gasteiger charge is 2.30. The van der Waals surface area contributed by atoms with Crippen LogP contribution in [0.4, 0.5) is 0 Å². The van der Waals surface area contributed by atoms with E-state index in [0.717, 1.165) is 18.9 Å². The summed E-state index contributed by atoms with van der Waals surface area (Å²) in [7, 11) is 0. The summed E-state index contributed by atoms with van der Waals surface area (Å²) < 4.78 is 0. The Bertz CT molecular complexity index is 584. The third-order valence-electron chi connectivity index (χ3n) is 4.39. The summed E-state index contributed by atoms with van der Waals surface area (Å²) in [5.74, 6) is 1.00. The van der Waals surface area contributed by atoms with Gasteiger partial charge in [-0.25, -0.2) is 4.98 Å². The largest absolute Gasteiger partial charge is 0.340 e. The van der Waals surface area contributed by atoms with E-state index in [1.54, 1.807) is 0 Å². The van der Waals surface area contributed by atoms with Crippen LogP contribution in [-0.4, -0.2) is 34.5 Å². The summed E-state index contributed by atoms with van der Waals surface area (Å²) in [5, 5.41) is 3.52. The lowest BCUT2D eigenvalue weighted by Gasteiger charge is -2.30. The highest BCUT2D eigenvalue weighted by Crippen LogP contribution is 2.30. The van der Waals surface area contributed by atoms with Crippen LogP contribution in [0.2, 0.25) is 0 Å². The van der Waals surface area contributed by atoms with Gasteiger partial charge in [-0.1, -0.05) is 30.3 Å². The molecule has 2 aliphatic heterocycles. The molecule has 3 heterocycles. The van der Waals surface area contributed by atoms with Crippen LogP contribution in [0.1, 0.15) is 30.3 Å². The van der Waals surface area contributed by atoms with Gasteiger partial charge in [-0.3, -0.25) is 4.90 Å². The third-order valence-corrected chi connectivity index (χ3v) is 4.39. The number of benzene rings is 1. The van der Waals surface area contributed by atoms with E-state index in [9.17, 15) is 0 Å². The Morgan fingerprint density at radius 1 is 1.10 bits per heavy atom. The van der Waals surface area contributed by atoms with Crippen molar-refractivity contribution in [1.82, 2.24) is 20.2 Å². The normalized spacial score (nSPS) is 22.9. The summed E-state index contributed by atoms with van der Waals surface area (Å²) in [5.41, 5.74) is 3.68. The Balaban J connectivity index is 1.70. The van der Waals surface area contributed by atoms with E-state index in [4.69, 9.17) is 4.98 Å². The molecule has 0 bridgehead atoms. The molecule has 0 spiro atoms. The lowest BCUT2D eigenvalue weighted by Crippen LogP contribution is -2.38. The third kappa shape index (κ3) is 2.05.